The Labute approximate surface area is 334 Å². The molecule has 0 amide bonds. The Hall–Kier alpha value is -2.53. The third kappa shape index (κ3) is 34.0. The SMILES string of the molecule is CCCCC/C=C\C/C=C\CCCCCCCCOc1cc(COC(=O)CCCN(C)C)cc(OCCCCCCCC/C=C\CCCCCCCC)c1. The summed E-state index contributed by atoms with van der Waals surface area (Å²) in [4.78, 5) is 14.4. The lowest BCUT2D eigenvalue weighted by atomic mass is 10.1. The molecule has 0 aromatic heterocycles. The number of hydrogen-bond acceptors (Lipinski definition) is 5. The number of nitrogens with zero attached hydrogens (tertiary/aromatic N) is 1. The summed E-state index contributed by atoms with van der Waals surface area (Å²) >= 11 is 0. The molecule has 310 valence electrons. The van der Waals surface area contributed by atoms with Crippen molar-refractivity contribution in [1.82, 2.24) is 4.90 Å². The Bertz CT molecular complexity index is 1060. The Morgan fingerprint density at radius 1 is 0.519 bits per heavy atom. The van der Waals surface area contributed by atoms with Gasteiger partial charge in [-0.25, -0.2) is 0 Å². The average Bonchev–Trinajstić information content (AvgIpc) is 3.16. The second-order valence-electron chi connectivity index (χ2n) is 15.6. The maximum absolute atomic E-state index is 12.3. The molecule has 0 unspecified atom stereocenters. The molecule has 0 fully saturated rings. The molecule has 0 N–H and O–H groups in total. The first-order valence-electron chi connectivity index (χ1n) is 22.7. The highest BCUT2D eigenvalue weighted by molar-refractivity contribution is 5.69. The van der Waals surface area contributed by atoms with Crippen LogP contribution in [0.15, 0.2) is 54.7 Å². The smallest absolute Gasteiger partial charge is 0.306 e. The average molecular weight is 752 g/mol. The Kier molecular flexibility index (Phi) is 35.5. The molecule has 1 aromatic carbocycles. The van der Waals surface area contributed by atoms with Crippen molar-refractivity contribution in [2.75, 3.05) is 33.9 Å². The summed E-state index contributed by atoms with van der Waals surface area (Å²) in [6, 6.07) is 6.00. The monoisotopic (exact) mass is 752 g/mol. The second-order valence-corrected chi connectivity index (χ2v) is 15.6. The maximum Gasteiger partial charge on any atom is 0.306 e. The van der Waals surface area contributed by atoms with Crippen molar-refractivity contribution in [3.63, 3.8) is 0 Å². The van der Waals surface area contributed by atoms with Gasteiger partial charge in [-0.05, 0) is 115 Å². The Balaban J connectivity index is 2.31. The van der Waals surface area contributed by atoms with Crippen molar-refractivity contribution in [1.29, 1.82) is 0 Å². The van der Waals surface area contributed by atoms with Gasteiger partial charge in [0.2, 0.25) is 0 Å². The lowest BCUT2D eigenvalue weighted by Gasteiger charge is -2.13. The summed E-state index contributed by atoms with van der Waals surface area (Å²) in [5.41, 5.74) is 0.918. The quantitative estimate of drug-likeness (QED) is 0.0381. The van der Waals surface area contributed by atoms with Crippen LogP contribution in [0.5, 0.6) is 11.5 Å². The predicted molar refractivity (Wildman–Crippen MR) is 234 cm³/mol. The van der Waals surface area contributed by atoms with Crippen LogP contribution in [0.1, 0.15) is 199 Å². The fraction of sp³-hybridized carbons (Fsp3) is 0.735. The van der Waals surface area contributed by atoms with Crippen LogP contribution in [-0.2, 0) is 16.1 Å². The third-order valence-corrected chi connectivity index (χ3v) is 9.86. The largest absolute Gasteiger partial charge is 0.493 e. The van der Waals surface area contributed by atoms with E-state index in [2.05, 4.69) is 55.2 Å². The highest BCUT2D eigenvalue weighted by Crippen LogP contribution is 2.25. The molecule has 0 radical (unpaired) electrons. The van der Waals surface area contributed by atoms with Gasteiger partial charge >= 0.3 is 5.97 Å². The molecule has 0 heterocycles. The number of esters is 1. The molecule has 0 saturated carbocycles. The molecule has 0 bridgehead atoms. The highest BCUT2D eigenvalue weighted by Gasteiger charge is 2.08. The number of benzene rings is 1. The molecule has 0 spiro atoms. The maximum atomic E-state index is 12.3. The molecule has 1 aromatic rings. The normalized spacial score (nSPS) is 11.9. The Morgan fingerprint density at radius 3 is 1.41 bits per heavy atom. The standard InChI is InChI=1S/C49H85NO4/c1-5-7-9-11-13-15-17-19-21-23-25-27-29-31-33-35-40-52-47-42-46(45-54-49(51)38-37-39-50(3)4)43-48(44-47)53-41-36-34-32-30-28-26-24-22-20-18-16-14-12-10-8-6-2/h13,15,19-22,42-44H,5-12,14,16-18,23-41,45H2,1-4H3/b15-13-,21-19-,22-20-. The van der Waals surface area contributed by atoms with Crippen LogP contribution in [0, 0.1) is 0 Å². The van der Waals surface area contributed by atoms with E-state index in [4.69, 9.17) is 14.2 Å². The first kappa shape index (κ1) is 49.5. The zero-order valence-corrected chi connectivity index (χ0v) is 35.9. The molecule has 0 atom stereocenters. The zero-order chi connectivity index (χ0) is 39.0. The molecule has 0 aliphatic rings. The van der Waals surface area contributed by atoms with Gasteiger partial charge in [-0.3, -0.25) is 4.79 Å². The molecule has 0 aliphatic carbocycles. The molecule has 54 heavy (non-hydrogen) atoms. The van der Waals surface area contributed by atoms with E-state index in [1.54, 1.807) is 0 Å². The number of carbonyl (C=O) groups is 1. The third-order valence-electron chi connectivity index (χ3n) is 9.86. The van der Waals surface area contributed by atoms with Crippen molar-refractivity contribution >= 4 is 5.97 Å². The number of allylic oxidation sites excluding steroid dienone is 6. The summed E-state index contributed by atoms with van der Waals surface area (Å²) in [7, 11) is 4.04. The molecular formula is C49H85NO4. The summed E-state index contributed by atoms with van der Waals surface area (Å²) in [6.07, 6.45) is 48.3. The first-order chi connectivity index (χ1) is 26.5. The van der Waals surface area contributed by atoms with E-state index in [9.17, 15) is 4.79 Å². The van der Waals surface area contributed by atoms with Crippen molar-refractivity contribution in [2.24, 2.45) is 0 Å². The highest BCUT2D eigenvalue weighted by atomic mass is 16.5. The fourth-order valence-electron chi connectivity index (χ4n) is 6.48. The van der Waals surface area contributed by atoms with Crippen LogP contribution < -0.4 is 9.47 Å². The van der Waals surface area contributed by atoms with Gasteiger partial charge in [0.25, 0.3) is 0 Å². The second kappa shape index (κ2) is 38.7. The minimum absolute atomic E-state index is 0.156. The number of unbranched alkanes of at least 4 members (excludes halogenated alkanes) is 21. The van der Waals surface area contributed by atoms with Crippen molar-refractivity contribution in [3.8, 4) is 11.5 Å². The van der Waals surface area contributed by atoms with E-state index >= 15 is 0 Å². The minimum Gasteiger partial charge on any atom is -0.493 e. The fourth-order valence-corrected chi connectivity index (χ4v) is 6.48. The molecule has 0 aliphatic heterocycles. The van der Waals surface area contributed by atoms with E-state index in [0.29, 0.717) is 19.6 Å². The summed E-state index contributed by atoms with van der Waals surface area (Å²) < 4.78 is 18.0. The van der Waals surface area contributed by atoms with Gasteiger partial charge in [0, 0.05) is 12.5 Å². The van der Waals surface area contributed by atoms with Crippen LogP contribution in [0.25, 0.3) is 0 Å². The zero-order valence-electron chi connectivity index (χ0n) is 35.9. The van der Waals surface area contributed by atoms with E-state index in [0.717, 1.165) is 49.3 Å². The van der Waals surface area contributed by atoms with Gasteiger partial charge in [0.05, 0.1) is 13.2 Å². The van der Waals surface area contributed by atoms with Crippen LogP contribution >= 0.6 is 0 Å². The number of carbonyl (C=O) groups excluding carboxylic acids is 1. The summed E-state index contributed by atoms with van der Waals surface area (Å²) in [6.45, 7) is 7.04. The van der Waals surface area contributed by atoms with Crippen LogP contribution in [0.2, 0.25) is 0 Å². The molecule has 0 saturated heterocycles. The van der Waals surface area contributed by atoms with Gasteiger partial charge in [-0.1, -0.05) is 147 Å². The molecule has 5 heteroatoms. The van der Waals surface area contributed by atoms with Gasteiger partial charge in [-0.2, -0.15) is 0 Å². The topological polar surface area (TPSA) is 48.0 Å². The van der Waals surface area contributed by atoms with Crippen molar-refractivity contribution in [3.05, 3.63) is 60.2 Å². The van der Waals surface area contributed by atoms with Gasteiger partial charge < -0.3 is 19.1 Å². The van der Waals surface area contributed by atoms with E-state index in [-0.39, 0.29) is 12.6 Å². The number of hydrogen-bond donors (Lipinski definition) is 0. The van der Waals surface area contributed by atoms with Crippen molar-refractivity contribution < 1.29 is 19.0 Å². The van der Waals surface area contributed by atoms with Crippen LogP contribution in [0.3, 0.4) is 0 Å². The summed E-state index contributed by atoms with van der Waals surface area (Å²) in [5.74, 6) is 1.45. The van der Waals surface area contributed by atoms with E-state index in [1.165, 1.54) is 148 Å². The lowest BCUT2D eigenvalue weighted by molar-refractivity contribution is -0.145. The first-order valence-corrected chi connectivity index (χ1v) is 22.7. The number of rotatable bonds is 39. The van der Waals surface area contributed by atoms with E-state index < -0.39 is 0 Å². The number of ether oxygens (including phenoxy) is 3. The lowest BCUT2D eigenvalue weighted by Crippen LogP contribution is -2.15. The summed E-state index contributed by atoms with van der Waals surface area (Å²) in [5, 5.41) is 0. The minimum atomic E-state index is -0.156. The Morgan fingerprint density at radius 2 is 0.926 bits per heavy atom. The molecule has 1 rings (SSSR count). The van der Waals surface area contributed by atoms with Gasteiger partial charge in [-0.15, -0.1) is 0 Å². The van der Waals surface area contributed by atoms with Gasteiger partial charge in [0.1, 0.15) is 18.1 Å². The van der Waals surface area contributed by atoms with Crippen molar-refractivity contribution in [2.45, 2.75) is 200 Å². The van der Waals surface area contributed by atoms with E-state index in [1.807, 2.05) is 32.3 Å². The molecular weight excluding hydrogens is 667 g/mol. The van der Waals surface area contributed by atoms with Gasteiger partial charge in [0.15, 0.2) is 0 Å². The molecule has 5 nitrogen and oxygen atoms in total. The van der Waals surface area contributed by atoms with Crippen LogP contribution in [0.4, 0.5) is 0 Å². The predicted octanol–water partition coefficient (Wildman–Crippen LogP) is 14.7. The van der Waals surface area contributed by atoms with Crippen LogP contribution in [-0.4, -0.2) is 44.7 Å².